The summed E-state index contributed by atoms with van der Waals surface area (Å²) in [4.78, 5) is 18.0. The van der Waals surface area contributed by atoms with Crippen LogP contribution in [0.1, 0.15) is 63.1 Å². The summed E-state index contributed by atoms with van der Waals surface area (Å²) >= 11 is 0. The van der Waals surface area contributed by atoms with Crippen molar-refractivity contribution in [2.75, 3.05) is 13.1 Å². The lowest BCUT2D eigenvalue weighted by Crippen LogP contribution is -2.58. The number of H-pyrrole nitrogens is 1. The number of nitriles is 1. The van der Waals surface area contributed by atoms with Crippen LogP contribution in [0.2, 0.25) is 0 Å². The minimum absolute atomic E-state index is 0.00763. The number of fused-ring (bicyclic) bond motifs is 1. The first-order chi connectivity index (χ1) is 21.1. The zero-order valence-electron chi connectivity index (χ0n) is 24.4. The summed E-state index contributed by atoms with van der Waals surface area (Å²) < 4.78 is 48.8. The number of hydrogen-bond acceptors (Lipinski definition) is 8. The van der Waals surface area contributed by atoms with Gasteiger partial charge in [0.1, 0.15) is 23.8 Å². The van der Waals surface area contributed by atoms with E-state index < -0.39 is 11.9 Å². The number of piperidine rings is 1. The summed E-state index contributed by atoms with van der Waals surface area (Å²) in [6.45, 7) is 3.95. The number of alkyl halides is 3. The molecule has 0 unspecified atom stereocenters. The number of pyridine rings is 1. The number of likely N-dealkylation sites (tertiary alicyclic amines) is 1. The molecule has 2 N–H and O–H groups in total. The second-order valence-electron chi connectivity index (χ2n) is 12.7. The van der Waals surface area contributed by atoms with E-state index in [1.165, 1.54) is 6.33 Å². The lowest BCUT2D eigenvalue weighted by Gasteiger charge is -2.52. The average Bonchev–Trinajstić information content (AvgIpc) is 3.34. The third-order valence-electron chi connectivity index (χ3n) is 9.49. The number of aromatic nitrogens is 6. The third-order valence-corrected chi connectivity index (χ3v) is 9.49. The van der Waals surface area contributed by atoms with Crippen molar-refractivity contribution in [2.45, 2.75) is 87.8 Å². The molecule has 0 radical (unpaired) electrons. The first-order valence-corrected chi connectivity index (χ1v) is 15.1. The van der Waals surface area contributed by atoms with Crippen LogP contribution in [0.4, 0.5) is 13.2 Å². The topological polar surface area (TPSA) is 121 Å². The summed E-state index contributed by atoms with van der Waals surface area (Å²) in [5.74, 6) is 0.0304. The molecule has 13 heteroatoms. The number of hydrogen-bond donors (Lipinski definition) is 2. The zero-order chi connectivity index (χ0) is 30.5. The number of rotatable bonds is 9. The highest BCUT2D eigenvalue weighted by molar-refractivity contribution is 5.90. The number of nitrogens with one attached hydrogen (secondary N) is 2. The van der Waals surface area contributed by atoms with E-state index >= 15 is 0 Å². The Morgan fingerprint density at radius 2 is 1.98 bits per heavy atom. The number of nitrogens with zero attached hydrogens (tertiary/aromatic N) is 7. The van der Waals surface area contributed by atoms with Crippen LogP contribution in [0.25, 0.3) is 22.3 Å². The van der Waals surface area contributed by atoms with Crippen LogP contribution in [0, 0.1) is 11.3 Å². The largest absolute Gasteiger partial charge is 0.474 e. The first-order valence-electron chi connectivity index (χ1n) is 15.1. The van der Waals surface area contributed by atoms with E-state index in [2.05, 4.69) is 48.2 Å². The van der Waals surface area contributed by atoms with Crippen molar-refractivity contribution in [1.82, 2.24) is 39.9 Å². The van der Waals surface area contributed by atoms with Crippen LogP contribution in [-0.2, 0) is 18.3 Å². The molecule has 7 rings (SSSR count). The molecule has 3 aliphatic rings. The van der Waals surface area contributed by atoms with Gasteiger partial charge in [0.25, 0.3) is 0 Å². The van der Waals surface area contributed by atoms with Crippen molar-refractivity contribution in [2.24, 2.45) is 0 Å². The molecular formula is C31H34F3N9O. The summed E-state index contributed by atoms with van der Waals surface area (Å²) in [5, 5.41) is 18.6. The Morgan fingerprint density at radius 3 is 2.70 bits per heavy atom. The third kappa shape index (κ3) is 5.64. The Hall–Kier alpha value is -4.02. The van der Waals surface area contributed by atoms with Crippen LogP contribution in [0.5, 0.6) is 5.88 Å². The highest BCUT2D eigenvalue weighted by Gasteiger charge is 2.49. The quantitative estimate of drug-likeness (QED) is 0.268. The van der Waals surface area contributed by atoms with Gasteiger partial charge in [-0.15, -0.1) is 0 Å². The van der Waals surface area contributed by atoms with E-state index in [1.54, 1.807) is 12.3 Å². The van der Waals surface area contributed by atoms with E-state index in [1.807, 2.05) is 23.1 Å². The molecule has 44 heavy (non-hydrogen) atoms. The van der Waals surface area contributed by atoms with E-state index in [0.717, 1.165) is 67.1 Å². The fourth-order valence-electron chi connectivity index (χ4n) is 6.52. The van der Waals surface area contributed by atoms with Gasteiger partial charge in [-0.1, -0.05) is 0 Å². The number of ether oxygens (including phenoxy) is 1. The number of aromatic amines is 1. The smallest absolute Gasteiger partial charge is 0.433 e. The van der Waals surface area contributed by atoms with Gasteiger partial charge in [0, 0.05) is 60.6 Å². The minimum Gasteiger partial charge on any atom is -0.474 e. The molecule has 4 aromatic rings. The monoisotopic (exact) mass is 605 g/mol. The Balaban J connectivity index is 0.980. The van der Waals surface area contributed by atoms with Gasteiger partial charge in [-0.25, -0.2) is 15.0 Å². The van der Waals surface area contributed by atoms with Crippen molar-refractivity contribution < 1.29 is 17.9 Å². The fourth-order valence-corrected chi connectivity index (χ4v) is 6.52. The van der Waals surface area contributed by atoms with E-state index in [9.17, 15) is 18.4 Å². The predicted octanol–water partition coefficient (Wildman–Crippen LogP) is 5.19. The van der Waals surface area contributed by atoms with Gasteiger partial charge in [0.15, 0.2) is 0 Å². The van der Waals surface area contributed by atoms with E-state index in [4.69, 9.17) is 4.74 Å². The maximum Gasteiger partial charge on any atom is 0.433 e. The van der Waals surface area contributed by atoms with Gasteiger partial charge in [-0.3, -0.25) is 9.58 Å². The highest BCUT2D eigenvalue weighted by Crippen LogP contribution is 2.46. The highest BCUT2D eigenvalue weighted by atomic mass is 19.4. The van der Waals surface area contributed by atoms with Gasteiger partial charge in [0.05, 0.1) is 29.9 Å². The van der Waals surface area contributed by atoms with Gasteiger partial charge in [-0.05, 0) is 63.1 Å². The lowest BCUT2D eigenvalue weighted by molar-refractivity contribution is -0.141. The normalized spacial score (nSPS) is 23.8. The molecule has 0 aromatic carbocycles. The second-order valence-corrected chi connectivity index (χ2v) is 12.7. The van der Waals surface area contributed by atoms with Crippen molar-refractivity contribution in [3.63, 3.8) is 0 Å². The zero-order valence-corrected chi connectivity index (χ0v) is 24.4. The Bertz CT molecular complexity index is 1690. The van der Waals surface area contributed by atoms with Crippen LogP contribution < -0.4 is 10.1 Å². The van der Waals surface area contributed by atoms with Crippen molar-refractivity contribution in [3.05, 3.63) is 54.4 Å². The molecule has 1 aliphatic heterocycles. The van der Waals surface area contributed by atoms with Gasteiger partial charge < -0.3 is 15.0 Å². The van der Waals surface area contributed by atoms with Gasteiger partial charge in [0.2, 0.25) is 5.88 Å². The lowest BCUT2D eigenvalue weighted by atomic mass is 9.69. The molecule has 10 nitrogen and oxygen atoms in total. The van der Waals surface area contributed by atoms with Crippen LogP contribution in [-0.4, -0.2) is 65.4 Å². The standard InChI is InChI=1S/C31H34F3N9O/c1-29(5-6-29)39-16-20-12-25(31(32,33)34)41-26(13-20)44-23-3-10-42(11-4-23)22-14-30(15-22,7-8-35)43-18-21(17-40-43)27-24-2-9-36-28(24)38-19-37-27/h2,9,12-13,17-19,22-23,39H,3-7,10-11,14-16H2,1H3,(H,36,37,38)/t22-,30-. The second kappa shape index (κ2) is 10.9. The molecule has 2 saturated carbocycles. The summed E-state index contributed by atoms with van der Waals surface area (Å²) in [6, 6.07) is 7.33. The van der Waals surface area contributed by atoms with E-state index in [0.29, 0.717) is 37.4 Å². The van der Waals surface area contributed by atoms with Crippen LogP contribution >= 0.6 is 0 Å². The van der Waals surface area contributed by atoms with Gasteiger partial charge in [-0.2, -0.15) is 23.5 Å². The molecule has 0 spiro atoms. The summed E-state index contributed by atoms with van der Waals surface area (Å²) in [6.07, 6.45) is 7.73. The molecule has 0 atom stereocenters. The van der Waals surface area contributed by atoms with Crippen molar-refractivity contribution in [1.29, 1.82) is 5.26 Å². The van der Waals surface area contributed by atoms with Gasteiger partial charge >= 0.3 is 6.18 Å². The average molecular weight is 606 g/mol. The maximum atomic E-state index is 13.6. The van der Waals surface area contributed by atoms with Crippen molar-refractivity contribution in [3.8, 4) is 23.2 Å². The van der Waals surface area contributed by atoms with E-state index in [-0.39, 0.29) is 23.1 Å². The Morgan fingerprint density at radius 1 is 1.18 bits per heavy atom. The summed E-state index contributed by atoms with van der Waals surface area (Å²) in [7, 11) is 0. The maximum absolute atomic E-state index is 13.6. The van der Waals surface area contributed by atoms with Crippen molar-refractivity contribution >= 4 is 11.0 Å². The molecule has 0 bridgehead atoms. The molecule has 4 aromatic heterocycles. The molecule has 0 amide bonds. The fraction of sp³-hybridized carbons (Fsp3) is 0.516. The Labute approximate surface area is 252 Å². The molecule has 5 heterocycles. The molecule has 2 aliphatic carbocycles. The molecule has 1 saturated heterocycles. The first kappa shape index (κ1) is 28.7. The SMILES string of the molecule is CC1(NCc2cc(OC3CCN([C@H]4C[C@](CC#N)(n5cc(-c6ncnc7[nH]ccc67)cn5)C4)CC3)nc(C(F)(F)F)c2)CC1. The van der Waals surface area contributed by atoms with Crippen LogP contribution in [0.15, 0.2) is 43.1 Å². The molecule has 230 valence electrons. The molecular weight excluding hydrogens is 571 g/mol. The van der Waals surface area contributed by atoms with Crippen LogP contribution in [0.3, 0.4) is 0 Å². The minimum atomic E-state index is -4.54. The summed E-state index contributed by atoms with van der Waals surface area (Å²) in [5.41, 5.74) is 1.65. The predicted molar refractivity (Wildman–Crippen MR) is 155 cm³/mol. The molecule has 3 fully saturated rings. The Kier molecular flexibility index (Phi) is 7.09. The number of halogens is 3.